The van der Waals surface area contributed by atoms with Crippen LogP contribution < -0.4 is 10.2 Å². The van der Waals surface area contributed by atoms with Crippen molar-refractivity contribution in [1.82, 2.24) is 9.97 Å². The molecule has 0 spiro atoms. The van der Waals surface area contributed by atoms with Gasteiger partial charge in [-0.1, -0.05) is 25.7 Å². The average Bonchev–Trinajstić information content (AvgIpc) is 2.83. The Bertz CT molecular complexity index is 641. The van der Waals surface area contributed by atoms with Gasteiger partial charge in [-0.25, -0.2) is 9.97 Å². The number of hydrogen-bond acceptors (Lipinski definition) is 8. The summed E-state index contributed by atoms with van der Waals surface area (Å²) >= 11 is 0. The van der Waals surface area contributed by atoms with Crippen molar-refractivity contribution in [1.29, 1.82) is 10.5 Å². The molecule has 0 amide bonds. The fourth-order valence-electron chi connectivity index (χ4n) is 2.87. The van der Waals surface area contributed by atoms with E-state index in [9.17, 15) is 10.1 Å². The highest BCUT2D eigenvalue weighted by Crippen LogP contribution is 2.33. The van der Waals surface area contributed by atoms with E-state index in [1.807, 2.05) is 12.1 Å². The smallest absolute Gasteiger partial charge is 0.353 e. The molecule has 0 aliphatic heterocycles. The fourth-order valence-corrected chi connectivity index (χ4v) is 2.87. The topological polar surface area (TPSA) is 132 Å². The van der Waals surface area contributed by atoms with E-state index < -0.39 is 4.92 Å². The Morgan fingerprint density at radius 3 is 2.38 bits per heavy atom. The summed E-state index contributed by atoms with van der Waals surface area (Å²) in [7, 11) is 0. The maximum Gasteiger partial charge on any atom is 0.353 e. The molecule has 1 aliphatic carbocycles. The second-order valence-electron chi connectivity index (χ2n) is 5.66. The summed E-state index contributed by atoms with van der Waals surface area (Å²) in [5.41, 5.74) is -0.285. The van der Waals surface area contributed by atoms with Crippen LogP contribution in [-0.4, -0.2) is 34.0 Å². The lowest BCUT2D eigenvalue weighted by molar-refractivity contribution is -0.383. The lowest BCUT2D eigenvalue weighted by Crippen LogP contribution is -2.27. The van der Waals surface area contributed by atoms with E-state index >= 15 is 0 Å². The zero-order valence-electron chi connectivity index (χ0n) is 13.3. The van der Waals surface area contributed by atoms with E-state index in [-0.39, 0.29) is 36.5 Å². The number of nitrogens with zero attached hydrogens (tertiary/aromatic N) is 6. The molecule has 126 valence electrons. The molecule has 1 aliphatic rings. The van der Waals surface area contributed by atoms with Crippen molar-refractivity contribution in [2.24, 2.45) is 0 Å². The van der Waals surface area contributed by atoms with Gasteiger partial charge in [0.15, 0.2) is 0 Å². The van der Waals surface area contributed by atoms with Crippen molar-refractivity contribution in [2.75, 3.05) is 23.3 Å². The molecule has 1 aromatic rings. The summed E-state index contributed by atoms with van der Waals surface area (Å²) in [5.74, 6) is 0.145. The Hall–Kier alpha value is -2.94. The van der Waals surface area contributed by atoms with Gasteiger partial charge in [-0.2, -0.15) is 10.5 Å². The summed E-state index contributed by atoms with van der Waals surface area (Å²) in [6.07, 6.45) is 7.62. The maximum atomic E-state index is 11.6. The Kier molecular flexibility index (Phi) is 6.26. The van der Waals surface area contributed by atoms with Gasteiger partial charge in [-0.05, 0) is 12.8 Å². The highest BCUT2D eigenvalue weighted by atomic mass is 16.6. The molecular formula is C15H19N7O2. The molecule has 24 heavy (non-hydrogen) atoms. The molecule has 1 fully saturated rings. The first-order valence-electron chi connectivity index (χ1n) is 7.92. The summed E-state index contributed by atoms with van der Waals surface area (Å²) in [4.78, 5) is 20.2. The van der Waals surface area contributed by atoms with E-state index in [1.54, 1.807) is 0 Å². The molecule has 1 aromatic heterocycles. The Morgan fingerprint density at radius 2 is 1.83 bits per heavy atom. The third-order valence-electron chi connectivity index (χ3n) is 4.00. The van der Waals surface area contributed by atoms with Crippen LogP contribution in [0, 0.1) is 32.8 Å². The number of nitro groups is 1. The summed E-state index contributed by atoms with van der Waals surface area (Å²) in [5, 5.41) is 32.5. The minimum atomic E-state index is -0.559. The molecule has 9 nitrogen and oxygen atoms in total. The number of rotatable bonds is 6. The van der Waals surface area contributed by atoms with Gasteiger partial charge in [0.25, 0.3) is 0 Å². The second-order valence-corrected chi connectivity index (χ2v) is 5.66. The van der Waals surface area contributed by atoms with Gasteiger partial charge in [0, 0.05) is 6.04 Å². The van der Waals surface area contributed by atoms with E-state index in [0.29, 0.717) is 0 Å². The van der Waals surface area contributed by atoms with Crippen molar-refractivity contribution < 1.29 is 4.92 Å². The summed E-state index contributed by atoms with van der Waals surface area (Å²) < 4.78 is 0. The van der Waals surface area contributed by atoms with Gasteiger partial charge < -0.3 is 10.2 Å². The Balaban J connectivity index is 2.34. The highest BCUT2D eigenvalue weighted by Gasteiger charge is 2.28. The number of hydrogen-bond donors (Lipinski definition) is 1. The van der Waals surface area contributed by atoms with Gasteiger partial charge in [0.1, 0.15) is 19.4 Å². The van der Waals surface area contributed by atoms with Gasteiger partial charge in [-0.15, -0.1) is 0 Å². The van der Waals surface area contributed by atoms with Crippen molar-refractivity contribution in [3.05, 3.63) is 16.4 Å². The molecule has 2 rings (SSSR count). The molecule has 0 radical (unpaired) electrons. The normalized spacial score (nSPS) is 14.9. The number of anilines is 2. The number of nitrogens with one attached hydrogen (secondary N) is 1. The van der Waals surface area contributed by atoms with Gasteiger partial charge in [0.05, 0.1) is 17.1 Å². The van der Waals surface area contributed by atoms with Crippen molar-refractivity contribution in [3.8, 4) is 12.1 Å². The first-order valence-corrected chi connectivity index (χ1v) is 7.92. The summed E-state index contributed by atoms with van der Waals surface area (Å²) in [6.45, 7) is -0.317. The number of aromatic nitrogens is 2. The Labute approximate surface area is 140 Å². The highest BCUT2D eigenvalue weighted by molar-refractivity contribution is 5.71. The SMILES string of the molecule is N#CCN(CC#N)c1ncnc(NC2CCCCCC2)c1[N+](=O)[O-]. The Morgan fingerprint density at radius 1 is 1.21 bits per heavy atom. The zero-order chi connectivity index (χ0) is 17.4. The van der Waals surface area contributed by atoms with Crippen LogP contribution >= 0.6 is 0 Å². The van der Waals surface area contributed by atoms with Gasteiger partial charge in [-0.3, -0.25) is 10.1 Å². The van der Waals surface area contributed by atoms with E-state index in [4.69, 9.17) is 10.5 Å². The predicted octanol–water partition coefficient (Wildman–Crippen LogP) is 2.37. The zero-order valence-corrected chi connectivity index (χ0v) is 13.3. The molecular weight excluding hydrogens is 310 g/mol. The maximum absolute atomic E-state index is 11.6. The van der Waals surface area contributed by atoms with Crippen LogP contribution in [0.15, 0.2) is 6.33 Å². The van der Waals surface area contributed by atoms with Crippen LogP contribution in [0.4, 0.5) is 17.3 Å². The van der Waals surface area contributed by atoms with Crippen LogP contribution in [0.2, 0.25) is 0 Å². The quantitative estimate of drug-likeness (QED) is 0.364. The first kappa shape index (κ1) is 17.4. The van der Waals surface area contributed by atoms with Crippen LogP contribution in [0.1, 0.15) is 38.5 Å². The third-order valence-corrected chi connectivity index (χ3v) is 4.00. The molecule has 9 heteroatoms. The lowest BCUT2D eigenvalue weighted by Gasteiger charge is -2.20. The lowest BCUT2D eigenvalue weighted by atomic mass is 10.1. The van der Waals surface area contributed by atoms with E-state index in [2.05, 4.69) is 15.3 Å². The average molecular weight is 329 g/mol. The monoisotopic (exact) mass is 329 g/mol. The van der Waals surface area contributed by atoms with Crippen LogP contribution in [0.3, 0.4) is 0 Å². The largest absolute Gasteiger partial charge is 0.361 e. The van der Waals surface area contributed by atoms with Crippen LogP contribution in [-0.2, 0) is 0 Å². The van der Waals surface area contributed by atoms with Crippen molar-refractivity contribution >= 4 is 17.3 Å². The molecule has 1 N–H and O–H groups in total. The van der Waals surface area contributed by atoms with E-state index in [0.717, 1.165) is 25.7 Å². The molecule has 1 heterocycles. The van der Waals surface area contributed by atoms with Crippen molar-refractivity contribution in [2.45, 2.75) is 44.6 Å². The van der Waals surface area contributed by atoms with Crippen LogP contribution in [0.5, 0.6) is 0 Å². The second kappa shape index (κ2) is 8.63. The molecule has 1 saturated carbocycles. The van der Waals surface area contributed by atoms with Gasteiger partial charge in [0.2, 0.25) is 11.6 Å². The third kappa shape index (κ3) is 4.29. The molecule has 0 atom stereocenters. The molecule has 0 unspecified atom stereocenters. The first-order chi connectivity index (χ1) is 11.7. The number of nitriles is 2. The van der Waals surface area contributed by atoms with Crippen LogP contribution in [0.25, 0.3) is 0 Å². The molecule has 0 aromatic carbocycles. The van der Waals surface area contributed by atoms with Gasteiger partial charge >= 0.3 is 5.69 Å². The minimum absolute atomic E-state index is 0.00535. The van der Waals surface area contributed by atoms with E-state index in [1.165, 1.54) is 24.1 Å². The predicted molar refractivity (Wildman–Crippen MR) is 87.2 cm³/mol. The molecule has 0 bridgehead atoms. The summed E-state index contributed by atoms with van der Waals surface area (Å²) in [6, 6.07) is 3.93. The molecule has 0 saturated heterocycles. The standard InChI is InChI=1S/C15H19N7O2/c16-7-9-21(10-8-17)15-13(22(23)24)14(18-11-19-15)20-12-5-3-1-2-4-6-12/h11-12H,1-6,9-10H2,(H,18,19,20). The van der Waals surface area contributed by atoms with Crippen molar-refractivity contribution in [3.63, 3.8) is 0 Å². The fraction of sp³-hybridized carbons (Fsp3) is 0.600. The minimum Gasteiger partial charge on any atom is -0.361 e.